The van der Waals surface area contributed by atoms with Gasteiger partial charge in [0, 0.05) is 13.7 Å². The molecule has 1 aliphatic rings. The number of hydrogen-bond acceptors (Lipinski definition) is 3. The van der Waals surface area contributed by atoms with Gasteiger partial charge < -0.3 is 14.8 Å². The average Bonchev–Trinajstić information content (AvgIpc) is 2.40. The summed E-state index contributed by atoms with van der Waals surface area (Å²) in [4.78, 5) is 0. The first-order valence-electron chi connectivity index (χ1n) is 8.03. The number of ether oxygens (including phenoxy) is 2. The van der Waals surface area contributed by atoms with Gasteiger partial charge in [0.1, 0.15) is 0 Å². The summed E-state index contributed by atoms with van der Waals surface area (Å²) in [5.74, 6) is 0.918. The number of nitrogens with one attached hydrogen (secondary N) is 1. The molecule has 1 rings (SSSR count). The Morgan fingerprint density at radius 1 is 1.26 bits per heavy atom. The van der Waals surface area contributed by atoms with Crippen molar-refractivity contribution in [2.75, 3.05) is 26.8 Å². The van der Waals surface area contributed by atoms with E-state index in [4.69, 9.17) is 9.47 Å². The minimum Gasteiger partial charge on any atom is -0.382 e. The Balaban J connectivity index is 2.52. The summed E-state index contributed by atoms with van der Waals surface area (Å²) in [6, 6.07) is 0. The number of hydrogen-bond donors (Lipinski definition) is 1. The maximum Gasteiger partial charge on any atom is 0.0811 e. The van der Waals surface area contributed by atoms with Gasteiger partial charge in [0.25, 0.3) is 0 Å². The predicted molar refractivity (Wildman–Crippen MR) is 80.6 cm³/mol. The van der Waals surface area contributed by atoms with Crippen LogP contribution in [0, 0.1) is 5.92 Å². The van der Waals surface area contributed by atoms with Gasteiger partial charge in [-0.15, -0.1) is 0 Å². The van der Waals surface area contributed by atoms with Crippen LogP contribution < -0.4 is 5.32 Å². The van der Waals surface area contributed by atoms with Crippen molar-refractivity contribution in [3.63, 3.8) is 0 Å². The Bertz CT molecular complexity index is 225. The normalized spacial score (nSPS) is 29.4. The van der Waals surface area contributed by atoms with E-state index in [0.29, 0.717) is 6.61 Å². The van der Waals surface area contributed by atoms with Crippen LogP contribution in [0.25, 0.3) is 0 Å². The van der Waals surface area contributed by atoms with Gasteiger partial charge in [-0.3, -0.25) is 0 Å². The fourth-order valence-corrected chi connectivity index (χ4v) is 3.29. The Kier molecular flexibility index (Phi) is 7.96. The third-order valence-electron chi connectivity index (χ3n) is 4.26. The topological polar surface area (TPSA) is 30.5 Å². The highest BCUT2D eigenvalue weighted by molar-refractivity contribution is 4.90. The van der Waals surface area contributed by atoms with E-state index in [9.17, 15) is 0 Å². The largest absolute Gasteiger partial charge is 0.382 e. The van der Waals surface area contributed by atoms with Crippen LogP contribution >= 0.6 is 0 Å². The summed E-state index contributed by atoms with van der Waals surface area (Å²) in [5.41, 5.74) is 0.0399. The molecule has 3 nitrogen and oxygen atoms in total. The zero-order valence-corrected chi connectivity index (χ0v) is 13.3. The molecule has 0 amide bonds. The van der Waals surface area contributed by atoms with Crippen molar-refractivity contribution in [3.05, 3.63) is 0 Å². The molecule has 0 aromatic heterocycles. The molecule has 0 heterocycles. The van der Waals surface area contributed by atoms with Crippen LogP contribution in [0.15, 0.2) is 0 Å². The second kappa shape index (κ2) is 8.93. The molecule has 0 radical (unpaired) electrons. The van der Waals surface area contributed by atoms with Crippen LogP contribution in [0.3, 0.4) is 0 Å². The van der Waals surface area contributed by atoms with Gasteiger partial charge in [-0.1, -0.05) is 26.7 Å². The molecule has 1 N–H and O–H groups in total. The number of likely N-dealkylation sites (N-methyl/N-ethyl adjacent to an activating group) is 1. The van der Waals surface area contributed by atoms with Gasteiger partial charge in [-0.05, 0) is 45.1 Å². The maximum atomic E-state index is 6.36. The predicted octanol–water partition coefficient (Wildman–Crippen LogP) is 3.38. The highest BCUT2D eigenvalue weighted by Gasteiger charge is 2.36. The van der Waals surface area contributed by atoms with Crippen LogP contribution in [0.2, 0.25) is 0 Å². The van der Waals surface area contributed by atoms with Crippen molar-refractivity contribution in [3.8, 4) is 0 Å². The van der Waals surface area contributed by atoms with Crippen molar-refractivity contribution in [2.24, 2.45) is 5.92 Å². The molecule has 1 unspecified atom stereocenters. The van der Waals surface area contributed by atoms with E-state index in [1.54, 1.807) is 7.11 Å². The molecule has 0 spiro atoms. The first-order chi connectivity index (χ1) is 9.15. The van der Waals surface area contributed by atoms with Gasteiger partial charge >= 0.3 is 0 Å². The van der Waals surface area contributed by atoms with Crippen LogP contribution in [-0.2, 0) is 9.47 Å². The fraction of sp³-hybridized carbons (Fsp3) is 1.00. The van der Waals surface area contributed by atoms with Gasteiger partial charge in [0.15, 0.2) is 0 Å². The van der Waals surface area contributed by atoms with E-state index in [-0.39, 0.29) is 11.7 Å². The van der Waals surface area contributed by atoms with Crippen molar-refractivity contribution in [1.82, 2.24) is 5.32 Å². The molecule has 3 heteroatoms. The van der Waals surface area contributed by atoms with Gasteiger partial charge in [0.2, 0.25) is 0 Å². The molecule has 19 heavy (non-hydrogen) atoms. The Morgan fingerprint density at radius 2 is 1.95 bits per heavy atom. The van der Waals surface area contributed by atoms with Gasteiger partial charge in [-0.25, -0.2) is 0 Å². The standard InChI is InChI=1S/C16H33NO2/c1-5-7-15-8-10-16(11-9-15,13-17-6-2)19-14(3)12-18-4/h14-15,17H,5-13H2,1-4H3. The molecular formula is C16H33NO2. The average molecular weight is 271 g/mol. The summed E-state index contributed by atoms with van der Waals surface area (Å²) in [5, 5.41) is 3.49. The zero-order valence-electron chi connectivity index (χ0n) is 13.3. The quantitative estimate of drug-likeness (QED) is 0.697. The van der Waals surface area contributed by atoms with Crippen LogP contribution in [0.5, 0.6) is 0 Å². The van der Waals surface area contributed by atoms with Crippen molar-refractivity contribution in [2.45, 2.75) is 71.0 Å². The summed E-state index contributed by atoms with van der Waals surface area (Å²) in [6.45, 7) is 9.26. The van der Waals surface area contributed by atoms with Crippen molar-refractivity contribution in [1.29, 1.82) is 0 Å². The lowest BCUT2D eigenvalue weighted by molar-refractivity contribution is -0.128. The SMILES string of the molecule is CCCC1CCC(CNCC)(OC(C)COC)CC1. The first kappa shape index (κ1) is 16.9. The van der Waals surface area contributed by atoms with Gasteiger partial charge in [0.05, 0.1) is 18.3 Å². The second-order valence-corrected chi connectivity index (χ2v) is 6.08. The Morgan fingerprint density at radius 3 is 2.47 bits per heavy atom. The molecule has 0 saturated heterocycles. The lowest BCUT2D eigenvalue weighted by Gasteiger charge is -2.42. The Hall–Kier alpha value is -0.120. The zero-order chi connectivity index (χ0) is 14.1. The fourth-order valence-electron chi connectivity index (χ4n) is 3.29. The molecule has 0 bridgehead atoms. The highest BCUT2D eigenvalue weighted by Crippen LogP contribution is 2.37. The molecule has 1 saturated carbocycles. The Labute approximate surface area is 119 Å². The van der Waals surface area contributed by atoms with Crippen LogP contribution in [-0.4, -0.2) is 38.5 Å². The van der Waals surface area contributed by atoms with Crippen LogP contribution in [0.4, 0.5) is 0 Å². The number of methoxy groups -OCH3 is 1. The number of rotatable bonds is 9. The third-order valence-corrected chi connectivity index (χ3v) is 4.26. The van der Waals surface area contributed by atoms with E-state index in [0.717, 1.165) is 19.0 Å². The summed E-state index contributed by atoms with van der Waals surface area (Å²) < 4.78 is 11.6. The highest BCUT2D eigenvalue weighted by atomic mass is 16.5. The molecule has 1 atom stereocenters. The molecule has 0 aliphatic heterocycles. The van der Waals surface area contributed by atoms with E-state index < -0.39 is 0 Å². The van der Waals surface area contributed by atoms with Crippen molar-refractivity contribution >= 4 is 0 Å². The van der Waals surface area contributed by atoms with E-state index >= 15 is 0 Å². The molecule has 1 fully saturated rings. The molecule has 0 aromatic carbocycles. The first-order valence-corrected chi connectivity index (χ1v) is 8.03. The molecule has 0 aromatic rings. The minimum absolute atomic E-state index is 0.0399. The third kappa shape index (κ3) is 5.80. The van der Waals surface area contributed by atoms with Crippen LogP contribution in [0.1, 0.15) is 59.3 Å². The molecule has 1 aliphatic carbocycles. The van der Waals surface area contributed by atoms with E-state index in [1.165, 1.54) is 38.5 Å². The smallest absolute Gasteiger partial charge is 0.0811 e. The van der Waals surface area contributed by atoms with E-state index in [2.05, 4.69) is 26.1 Å². The van der Waals surface area contributed by atoms with Gasteiger partial charge in [-0.2, -0.15) is 0 Å². The lowest BCUT2D eigenvalue weighted by Crippen LogP contribution is -2.48. The summed E-state index contributed by atoms with van der Waals surface area (Å²) in [7, 11) is 1.75. The minimum atomic E-state index is 0.0399. The molecular weight excluding hydrogens is 238 g/mol. The maximum absolute atomic E-state index is 6.36. The second-order valence-electron chi connectivity index (χ2n) is 6.08. The monoisotopic (exact) mass is 271 g/mol. The lowest BCUT2D eigenvalue weighted by atomic mass is 9.77. The summed E-state index contributed by atoms with van der Waals surface area (Å²) in [6.07, 6.45) is 7.90. The molecule has 114 valence electrons. The summed E-state index contributed by atoms with van der Waals surface area (Å²) >= 11 is 0. The van der Waals surface area contributed by atoms with E-state index in [1.807, 2.05) is 0 Å². The van der Waals surface area contributed by atoms with Crippen molar-refractivity contribution < 1.29 is 9.47 Å².